The van der Waals surface area contributed by atoms with Crippen LogP contribution in [-0.2, 0) is 16.2 Å². The lowest BCUT2D eigenvalue weighted by atomic mass is 10.1. The molecule has 0 spiro atoms. The second-order valence-corrected chi connectivity index (χ2v) is 8.70. The predicted molar refractivity (Wildman–Crippen MR) is 139 cm³/mol. The largest absolute Gasteiger partial charge is 0.490 e. The summed E-state index contributed by atoms with van der Waals surface area (Å²) < 4.78 is 25.7. The van der Waals surface area contributed by atoms with Gasteiger partial charge in [-0.15, -0.1) is 0 Å². The summed E-state index contributed by atoms with van der Waals surface area (Å²) in [5, 5.41) is 2.44. The third-order valence-electron chi connectivity index (χ3n) is 5.09. The van der Waals surface area contributed by atoms with Crippen molar-refractivity contribution >= 4 is 56.8 Å². The molecule has 2 amide bonds. The molecular formula is C26H20BrFN2O4S. The molecule has 9 heteroatoms. The lowest BCUT2D eigenvalue weighted by molar-refractivity contribution is -0.122. The highest BCUT2D eigenvalue weighted by Crippen LogP contribution is 2.36. The maximum atomic E-state index is 13.4. The van der Waals surface area contributed by atoms with Crippen LogP contribution in [-0.4, -0.2) is 23.5 Å². The van der Waals surface area contributed by atoms with Crippen molar-refractivity contribution in [2.45, 2.75) is 13.5 Å². The molecule has 3 aromatic carbocycles. The van der Waals surface area contributed by atoms with Crippen LogP contribution < -0.4 is 19.7 Å². The maximum absolute atomic E-state index is 13.4. The number of thiocarbonyl (C=S) groups is 1. The van der Waals surface area contributed by atoms with Crippen LogP contribution in [0.2, 0.25) is 0 Å². The van der Waals surface area contributed by atoms with Gasteiger partial charge in [0.15, 0.2) is 16.6 Å². The zero-order valence-corrected chi connectivity index (χ0v) is 21.0. The number of halogens is 2. The molecule has 0 aliphatic carbocycles. The third kappa shape index (κ3) is 5.58. The molecule has 1 fully saturated rings. The van der Waals surface area contributed by atoms with E-state index < -0.39 is 17.6 Å². The average Bonchev–Trinajstić information content (AvgIpc) is 2.84. The highest BCUT2D eigenvalue weighted by atomic mass is 79.9. The van der Waals surface area contributed by atoms with Crippen molar-refractivity contribution in [3.05, 3.63) is 93.7 Å². The molecule has 1 aliphatic rings. The highest BCUT2D eigenvalue weighted by Gasteiger charge is 2.34. The molecule has 0 saturated carbocycles. The second kappa shape index (κ2) is 10.8. The fraction of sp³-hybridized carbons (Fsp3) is 0.115. The molecule has 0 radical (unpaired) electrons. The van der Waals surface area contributed by atoms with E-state index >= 15 is 0 Å². The Morgan fingerprint density at radius 1 is 1.03 bits per heavy atom. The van der Waals surface area contributed by atoms with E-state index in [0.29, 0.717) is 40.4 Å². The van der Waals surface area contributed by atoms with Crippen LogP contribution in [0.25, 0.3) is 6.08 Å². The molecule has 4 rings (SSSR count). The number of hydrogen-bond donors (Lipinski definition) is 1. The first-order valence-electron chi connectivity index (χ1n) is 10.7. The normalized spacial score (nSPS) is 14.8. The summed E-state index contributed by atoms with van der Waals surface area (Å²) in [4.78, 5) is 27.0. The van der Waals surface area contributed by atoms with E-state index in [1.165, 1.54) is 30.3 Å². The average molecular weight is 555 g/mol. The predicted octanol–water partition coefficient (Wildman–Crippen LogP) is 5.40. The number of ether oxygens (including phenoxy) is 2. The van der Waals surface area contributed by atoms with Crippen LogP contribution in [0.4, 0.5) is 10.1 Å². The minimum atomic E-state index is -0.632. The van der Waals surface area contributed by atoms with Gasteiger partial charge < -0.3 is 9.47 Å². The molecule has 1 N–H and O–H groups in total. The van der Waals surface area contributed by atoms with E-state index in [1.54, 1.807) is 12.1 Å². The van der Waals surface area contributed by atoms with Gasteiger partial charge in [0.2, 0.25) is 0 Å². The third-order valence-corrected chi connectivity index (χ3v) is 6.06. The van der Waals surface area contributed by atoms with Gasteiger partial charge in [-0.25, -0.2) is 4.39 Å². The van der Waals surface area contributed by atoms with Gasteiger partial charge in [-0.2, -0.15) is 0 Å². The van der Waals surface area contributed by atoms with E-state index in [2.05, 4.69) is 21.2 Å². The fourth-order valence-corrected chi connectivity index (χ4v) is 4.13. The van der Waals surface area contributed by atoms with E-state index in [-0.39, 0.29) is 10.7 Å². The van der Waals surface area contributed by atoms with Gasteiger partial charge >= 0.3 is 0 Å². The van der Waals surface area contributed by atoms with Crippen LogP contribution in [0.15, 0.2) is 76.8 Å². The molecular weight excluding hydrogens is 535 g/mol. The molecule has 35 heavy (non-hydrogen) atoms. The SMILES string of the molecule is CCOc1cc(/C=C2/C(=O)NC(=S)N(c3ccc(F)cc3)C2=O)c(Br)cc1OCc1ccccc1. The summed E-state index contributed by atoms with van der Waals surface area (Å²) in [6.07, 6.45) is 1.45. The lowest BCUT2D eigenvalue weighted by Crippen LogP contribution is -2.54. The molecule has 1 heterocycles. The van der Waals surface area contributed by atoms with Gasteiger partial charge in [0.05, 0.1) is 12.3 Å². The van der Waals surface area contributed by atoms with Gasteiger partial charge in [0, 0.05) is 4.47 Å². The van der Waals surface area contributed by atoms with E-state index in [1.807, 2.05) is 37.3 Å². The maximum Gasteiger partial charge on any atom is 0.270 e. The van der Waals surface area contributed by atoms with Crippen molar-refractivity contribution in [3.63, 3.8) is 0 Å². The van der Waals surface area contributed by atoms with Crippen molar-refractivity contribution in [2.24, 2.45) is 0 Å². The summed E-state index contributed by atoms with van der Waals surface area (Å²) in [7, 11) is 0. The first-order chi connectivity index (χ1) is 16.9. The van der Waals surface area contributed by atoms with Crippen molar-refractivity contribution < 1.29 is 23.5 Å². The molecule has 178 valence electrons. The summed E-state index contributed by atoms with van der Waals surface area (Å²) in [5.41, 5.74) is 1.74. The van der Waals surface area contributed by atoms with Gasteiger partial charge in [0.1, 0.15) is 18.0 Å². The van der Waals surface area contributed by atoms with Crippen molar-refractivity contribution in [2.75, 3.05) is 11.5 Å². The number of nitrogens with one attached hydrogen (secondary N) is 1. The summed E-state index contributed by atoms with van der Waals surface area (Å²) in [6, 6.07) is 18.4. The van der Waals surface area contributed by atoms with E-state index in [9.17, 15) is 14.0 Å². The Hall–Kier alpha value is -3.56. The quantitative estimate of drug-likeness (QED) is 0.241. The lowest BCUT2D eigenvalue weighted by Gasteiger charge is -2.29. The molecule has 3 aromatic rings. The van der Waals surface area contributed by atoms with Crippen LogP contribution in [0.5, 0.6) is 11.5 Å². The van der Waals surface area contributed by atoms with Gasteiger partial charge in [-0.1, -0.05) is 46.3 Å². The van der Waals surface area contributed by atoms with Crippen molar-refractivity contribution in [1.82, 2.24) is 5.32 Å². The molecule has 6 nitrogen and oxygen atoms in total. The summed E-state index contributed by atoms with van der Waals surface area (Å²) in [6.45, 7) is 2.59. The number of hydrogen-bond acceptors (Lipinski definition) is 5. The summed E-state index contributed by atoms with van der Waals surface area (Å²) >= 11 is 8.69. The number of carbonyl (C=O) groups is 2. The van der Waals surface area contributed by atoms with E-state index in [4.69, 9.17) is 21.7 Å². The smallest absolute Gasteiger partial charge is 0.270 e. The van der Waals surface area contributed by atoms with E-state index in [0.717, 1.165) is 10.5 Å². The Labute approximate surface area is 215 Å². The number of nitrogens with zero attached hydrogens (tertiary/aromatic N) is 1. The van der Waals surface area contributed by atoms with Crippen molar-refractivity contribution in [1.29, 1.82) is 0 Å². The zero-order valence-electron chi connectivity index (χ0n) is 18.6. The highest BCUT2D eigenvalue weighted by molar-refractivity contribution is 9.10. The number of benzene rings is 3. The van der Waals surface area contributed by atoms with Crippen molar-refractivity contribution in [3.8, 4) is 11.5 Å². The molecule has 0 unspecified atom stereocenters. The number of rotatable bonds is 7. The van der Waals surface area contributed by atoms with Crippen LogP contribution >= 0.6 is 28.1 Å². The Morgan fingerprint density at radius 2 is 1.71 bits per heavy atom. The topological polar surface area (TPSA) is 67.9 Å². The molecule has 0 atom stereocenters. The standard InChI is InChI=1S/C26H20BrFN2O4S/c1-2-33-22-13-17(21(27)14-23(22)34-15-16-6-4-3-5-7-16)12-20-24(31)29-26(35)30(25(20)32)19-10-8-18(28)9-11-19/h3-14H,2,15H2,1H3,(H,29,31,35)/b20-12-. The molecule has 1 saturated heterocycles. The number of carbonyl (C=O) groups excluding carboxylic acids is 2. The van der Waals surface area contributed by atoms with Crippen LogP contribution in [0.1, 0.15) is 18.1 Å². The van der Waals surface area contributed by atoms with Crippen LogP contribution in [0, 0.1) is 5.82 Å². The zero-order chi connectivity index (χ0) is 24.9. The Kier molecular flexibility index (Phi) is 7.57. The second-order valence-electron chi connectivity index (χ2n) is 7.46. The number of amides is 2. The molecule has 0 bridgehead atoms. The monoisotopic (exact) mass is 554 g/mol. The summed E-state index contributed by atoms with van der Waals surface area (Å²) in [5.74, 6) is -0.732. The Morgan fingerprint density at radius 3 is 2.40 bits per heavy atom. The minimum Gasteiger partial charge on any atom is -0.490 e. The minimum absolute atomic E-state index is 0.0810. The van der Waals surface area contributed by atoms with Gasteiger partial charge in [-0.3, -0.25) is 19.8 Å². The first kappa shape index (κ1) is 24.6. The van der Waals surface area contributed by atoms with Crippen LogP contribution in [0.3, 0.4) is 0 Å². The van der Waals surface area contributed by atoms with Gasteiger partial charge in [0.25, 0.3) is 11.8 Å². The molecule has 1 aliphatic heterocycles. The molecule has 0 aromatic heterocycles. The number of anilines is 1. The van der Waals surface area contributed by atoms with Gasteiger partial charge in [-0.05, 0) is 72.7 Å². The Balaban J connectivity index is 1.66. The Bertz CT molecular complexity index is 1310. The first-order valence-corrected chi connectivity index (χ1v) is 11.9. The fourth-order valence-electron chi connectivity index (χ4n) is 3.42.